The summed E-state index contributed by atoms with van der Waals surface area (Å²) < 4.78 is 56.8. The second-order valence-electron chi connectivity index (χ2n) is 7.35. The molecule has 1 fully saturated rings. The first kappa shape index (κ1) is 23.1. The lowest BCUT2D eigenvalue weighted by Gasteiger charge is -2.34. The second kappa shape index (κ2) is 9.72. The zero-order chi connectivity index (χ0) is 22.6. The third-order valence-electron chi connectivity index (χ3n) is 5.18. The maximum absolute atomic E-state index is 12.9. The molecule has 0 spiro atoms. The lowest BCUT2D eigenvalue weighted by atomic mass is 9.95. The van der Waals surface area contributed by atoms with Gasteiger partial charge in [-0.05, 0) is 43.2 Å². The van der Waals surface area contributed by atoms with E-state index in [-0.39, 0.29) is 29.3 Å². The van der Waals surface area contributed by atoms with Crippen LogP contribution in [0.4, 0.5) is 23.4 Å². The minimum Gasteiger partial charge on any atom is -0.492 e. The standard InChI is InChI=1S/C21H22ClF4N3O2/c1-28(10-11-31-17-4-2-16(23)3-5-17)20(30)14-6-8-29(9-7-14)19-18(22)12-15(13-27-19)21(24,25)26/h2-5,12-14H,6-11H2,1H3. The van der Waals surface area contributed by atoms with Gasteiger partial charge >= 0.3 is 6.18 Å². The minimum absolute atomic E-state index is 0.0196. The molecule has 0 radical (unpaired) electrons. The van der Waals surface area contributed by atoms with E-state index in [2.05, 4.69) is 4.98 Å². The molecule has 3 rings (SSSR count). The Morgan fingerprint density at radius 3 is 2.48 bits per heavy atom. The van der Waals surface area contributed by atoms with E-state index in [0.717, 1.165) is 12.3 Å². The van der Waals surface area contributed by atoms with E-state index in [1.165, 1.54) is 24.3 Å². The molecule has 5 nitrogen and oxygen atoms in total. The molecule has 0 aliphatic carbocycles. The molecule has 1 amide bonds. The number of hydrogen-bond donors (Lipinski definition) is 0. The summed E-state index contributed by atoms with van der Waals surface area (Å²) in [7, 11) is 1.69. The number of halogens is 5. The van der Waals surface area contributed by atoms with Crippen molar-refractivity contribution in [2.75, 3.05) is 38.2 Å². The number of amides is 1. The van der Waals surface area contributed by atoms with Crippen LogP contribution in [0.3, 0.4) is 0 Å². The fraction of sp³-hybridized carbons (Fsp3) is 0.429. The molecule has 1 aliphatic rings. The van der Waals surface area contributed by atoms with Crippen LogP contribution in [0.2, 0.25) is 5.02 Å². The number of hydrogen-bond acceptors (Lipinski definition) is 4. The highest BCUT2D eigenvalue weighted by atomic mass is 35.5. The highest BCUT2D eigenvalue weighted by molar-refractivity contribution is 6.33. The third kappa shape index (κ3) is 6.00. The number of nitrogens with zero attached hydrogens (tertiary/aromatic N) is 3. The number of aromatic nitrogens is 1. The molecule has 2 aromatic rings. The van der Waals surface area contributed by atoms with Gasteiger partial charge in [0.25, 0.3) is 0 Å². The van der Waals surface area contributed by atoms with Crippen LogP contribution in [0.25, 0.3) is 0 Å². The SMILES string of the molecule is CN(CCOc1ccc(F)cc1)C(=O)C1CCN(c2ncc(C(F)(F)F)cc2Cl)CC1. The number of alkyl halides is 3. The van der Waals surface area contributed by atoms with E-state index in [1.54, 1.807) is 16.8 Å². The van der Waals surface area contributed by atoms with Gasteiger partial charge in [-0.15, -0.1) is 0 Å². The Balaban J connectivity index is 1.48. The molecule has 0 N–H and O–H groups in total. The Bertz CT molecular complexity index is 900. The van der Waals surface area contributed by atoms with Crippen molar-refractivity contribution in [2.24, 2.45) is 5.92 Å². The van der Waals surface area contributed by atoms with Crippen molar-refractivity contribution in [1.82, 2.24) is 9.88 Å². The van der Waals surface area contributed by atoms with Gasteiger partial charge in [-0.3, -0.25) is 4.79 Å². The van der Waals surface area contributed by atoms with E-state index in [9.17, 15) is 22.4 Å². The zero-order valence-electron chi connectivity index (χ0n) is 16.8. The van der Waals surface area contributed by atoms with Gasteiger partial charge in [0.15, 0.2) is 0 Å². The molecular weight excluding hydrogens is 438 g/mol. The lowest BCUT2D eigenvalue weighted by molar-refractivity contribution is -0.138. The Hall–Kier alpha value is -2.55. The molecule has 2 heterocycles. The van der Waals surface area contributed by atoms with Gasteiger partial charge in [-0.1, -0.05) is 11.6 Å². The van der Waals surface area contributed by atoms with Crippen LogP contribution in [0.15, 0.2) is 36.5 Å². The molecule has 0 unspecified atom stereocenters. The number of piperidine rings is 1. The number of pyridine rings is 1. The first-order valence-electron chi connectivity index (χ1n) is 9.76. The van der Waals surface area contributed by atoms with Crippen LogP contribution < -0.4 is 9.64 Å². The molecule has 1 aliphatic heterocycles. The topological polar surface area (TPSA) is 45.7 Å². The number of carbonyl (C=O) groups excluding carboxylic acids is 1. The molecule has 10 heteroatoms. The van der Waals surface area contributed by atoms with E-state index in [0.29, 0.717) is 44.0 Å². The first-order chi connectivity index (χ1) is 14.6. The van der Waals surface area contributed by atoms with Crippen LogP contribution in [-0.4, -0.2) is 49.1 Å². The van der Waals surface area contributed by atoms with Crippen molar-refractivity contribution in [3.63, 3.8) is 0 Å². The first-order valence-corrected chi connectivity index (χ1v) is 10.1. The lowest BCUT2D eigenvalue weighted by Crippen LogP contribution is -2.42. The molecule has 1 saturated heterocycles. The van der Waals surface area contributed by atoms with Gasteiger partial charge in [0, 0.05) is 32.3 Å². The van der Waals surface area contributed by atoms with Gasteiger partial charge in [0.2, 0.25) is 5.91 Å². The fourth-order valence-electron chi connectivity index (χ4n) is 3.41. The number of ether oxygens (including phenoxy) is 1. The fourth-order valence-corrected chi connectivity index (χ4v) is 3.70. The summed E-state index contributed by atoms with van der Waals surface area (Å²) in [6, 6.07) is 6.52. The molecule has 0 saturated carbocycles. The van der Waals surface area contributed by atoms with Crippen molar-refractivity contribution in [3.8, 4) is 5.75 Å². The van der Waals surface area contributed by atoms with Gasteiger partial charge in [0.05, 0.1) is 17.1 Å². The molecular formula is C21H22ClF4N3O2. The summed E-state index contributed by atoms with van der Waals surface area (Å²) in [5, 5.41) is -0.0605. The highest BCUT2D eigenvalue weighted by Crippen LogP contribution is 2.34. The maximum Gasteiger partial charge on any atom is 0.417 e. The predicted octanol–water partition coefficient (Wildman–Crippen LogP) is 4.65. The Morgan fingerprint density at radius 1 is 1.26 bits per heavy atom. The molecule has 0 atom stereocenters. The molecule has 0 bridgehead atoms. The van der Waals surface area contributed by atoms with Crippen molar-refractivity contribution in [3.05, 3.63) is 52.9 Å². The van der Waals surface area contributed by atoms with Crippen LogP contribution in [0, 0.1) is 11.7 Å². The molecule has 1 aromatic carbocycles. The highest BCUT2D eigenvalue weighted by Gasteiger charge is 2.33. The normalized spacial score (nSPS) is 15.1. The summed E-state index contributed by atoms with van der Waals surface area (Å²) in [6.45, 7) is 1.59. The molecule has 1 aromatic heterocycles. The zero-order valence-corrected chi connectivity index (χ0v) is 17.6. The average molecular weight is 460 g/mol. The Labute approximate surface area is 182 Å². The number of benzene rings is 1. The smallest absolute Gasteiger partial charge is 0.417 e. The number of likely N-dealkylation sites (N-methyl/N-ethyl adjacent to an activating group) is 1. The predicted molar refractivity (Wildman–Crippen MR) is 109 cm³/mol. The average Bonchev–Trinajstić information content (AvgIpc) is 2.74. The minimum atomic E-state index is -4.50. The van der Waals surface area contributed by atoms with Crippen LogP contribution >= 0.6 is 11.6 Å². The van der Waals surface area contributed by atoms with Gasteiger partial charge in [-0.2, -0.15) is 13.2 Å². The van der Waals surface area contributed by atoms with E-state index in [4.69, 9.17) is 16.3 Å². The largest absolute Gasteiger partial charge is 0.492 e. The Morgan fingerprint density at radius 2 is 1.90 bits per heavy atom. The van der Waals surface area contributed by atoms with E-state index < -0.39 is 11.7 Å². The summed E-state index contributed by atoms with van der Waals surface area (Å²) in [4.78, 5) is 20.0. The van der Waals surface area contributed by atoms with Gasteiger partial charge in [-0.25, -0.2) is 9.37 Å². The second-order valence-corrected chi connectivity index (χ2v) is 7.76. The van der Waals surface area contributed by atoms with Gasteiger partial charge in [0.1, 0.15) is 24.0 Å². The summed E-state index contributed by atoms with van der Waals surface area (Å²) in [5.41, 5.74) is -0.893. The maximum atomic E-state index is 12.9. The summed E-state index contributed by atoms with van der Waals surface area (Å²) in [6.07, 6.45) is -2.64. The Kier molecular flexibility index (Phi) is 7.25. The van der Waals surface area contributed by atoms with E-state index >= 15 is 0 Å². The summed E-state index contributed by atoms with van der Waals surface area (Å²) >= 11 is 6.02. The monoisotopic (exact) mass is 459 g/mol. The number of anilines is 1. The third-order valence-corrected chi connectivity index (χ3v) is 5.46. The number of rotatable bonds is 6. The number of carbonyl (C=O) groups is 1. The van der Waals surface area contributed by atoms with Gasteiger partial charge < -0.3 is 14.5 Å². The van der Waals surface area contributed by atoms with Crippen LogP contribution in [-0.2, 0) is 11.0 Å². The van der Waals surface area contributed by atoms with Crippen molar-refractivity contribution < 1.29 is 27.1 Å². The van der Waals surface area contributed by atoms with Crippen LogP contribution in [0.5, 0.6) is 5.75 Å². The molecule has 31 heavy (non-hydrogen) atoms. The van der Waals surface area contributed by atoms with Crippen molar-refractivity contribution >= 4 is 23.3 Å². The van der Waals surface area contributed by atoms with Crippen molar-refractivity contribution in [1.29, 1.82) is 0 Å². The van der Waals surface area contributed by atoms with E-state index in [1.807, 2.05) is 0 Å². The quantitative estimate of drug-likeness (QED) is 0.590. The van der Waals surface area contributed by atoms with Crippen molar-refractivity contribution in [2.45, 2.75) is 19.0 Å². The summed E-state index contributed by atoms with van der Waals surface area (Å²) in [5.74, 6) is 0.256. The molecule has 168 valence electrons. The van der Waals surface area contributed by atoms with Crippen LogP contribution in [0.1, 0.15) is 18.4 Å².